The van der Waals surface area contributed by atoms with E-state index in [2.05, 4.69) is 11.8 Å². The van der Waals surface area contributed by atoms with Crippen molar-refractivity contribution in [1.82, 2.24) is 4.90 Å². The van der Waals surface area contributed by atoms with E-state index in [4.69, 9.17) is 4.74 Å². The maximum absolute atomic E-state index is 11.7. The molecule has 0 amide bonds. The van der Waals surface area contributed by atoms with Gasteiger partial charge in [0.2, 0.25) is 0 Å². The van der Waals surface area contributed by atoms with Gasteiger partial charge in [0.25, 0.3) is 0 Å². The molecule has 1 aliphatic carbocycles. The number of nitrogens with zero attached hydrogens (tertiary/aromatic N) is 1. The highest BCUT2D eigenvalue weighted by Crippen LogP contribution is 2.30. The van der Waals surface area contributed by atoms with Gasteiger partial charge in [-0.25, -0.2) is 0 Å². The average molecular weight is 213 g/mol. The fourth-order valence-electron chi connectivity index (χ4n) is 1.87. The highest BCUT2D eigenvalue weighted by atomic mass is 16.5. The lowest BCUT2D eigenvalue weighted by Crippen LogP contribution is -2.40. The fourth-order valence-corrected chi connectivity index (χ4v) is 1.87. The van der Waals surface area contributed by atoms with Crippen molar-refractivity contribution in [3.63, 3.8) is 0 Å². The van der Waals surface area contributed by atoms with Crippen molar-refractivity contribution in [2.75, 3.05) is 20.2 Å². The summed E-state index contributed by atoms with van der Waals surface area (Å²) in [7, 11) is 2.04. The molecule has 0 aliphatic heterocycles. The second kappa shape index (κ2) is 6.11. The van der Waals surface area contributed by atoms with E-state index < -0.39 is 0 Å². The Bertz CT molecular complexity index is 202. The van der Waals surface area contributed by atoms with E-state index in [0.29, 0.717) is 6.61 Å². The van der Waals surface area contributed by atoms with E-state index in [9.17, 15) is 4.79 Å². The second-order valence-corrected chi connectivity index (χ2v) is 4.44. The zero-order chi connectivity index (χ0) is 11.3. The lowest BCUT2D eigenvalue weighted by atomic mass is 10.1. The van der Waals surface area contributed by atoms with Crippen LogP contribution in [0.3, 0.4) is 0 Å². The molecule has 0 spiro atoms. The number of hydrogen-bond donors (Lipinski definition) is 0. The first kappa shape index (κ1) is 12.5. The Kier molecular flexibility index (Phi) is 5.09. The van der Waals surface area contributed by atoms with Crippen LogP contribution in [0.15, 0.2) is 0 Å². The minimum absolute atomic E-state index is 0.0319. The molecule has 15 heavy (non-hydrogen) atoms. The molecular weight excluding hydrogens is 190 g/mol. The Morgan fingerprint density at radius 2 is 2.13 bits per heavy atom. The van der Waals surface area contributed by atoms with E-state index in [0.717, 1.165) is 25.3 Å². The SMILES string of the molecule is CCCC(C(=O)OCC)N(C)CC1CC1. The third-order valence-electron chi connectivity index (χ3n) is 2.90. The Labute approximate surface area is 92.8 Å². The molecule has 0 heterocycles. The van der Waals surface area contributed by atoms with Crippen LogP contribution in [0.1, 0.15) is 39.5 Å². The van der Waals surface area contributed by atoms with Gasteiger partial charge in [-0.15, -0.1) is 0 Å². The predicted molar refractivity (Wildman–Crippen MR) is 60.7 cm³/mol. The molecule has 1 unspecified atom stereocenters. The van der Waals surface area contributed by atoms with Gasteiger partial charge in [0.05, 0.1) is 6.61 Å². The molecule has 1 fully saturated rings. The van der Waals surface area contributed by atoms with E-state index >= 15 is 0 Å². The number of hydrogen-bond acceptors (Lipinski definition) is 3. The summed E-state index contributed by atoms with van der Waals surface area (Å²) in [6, 6.07) is -0.0319. The molecule has 3 heteroatoms. The van der Waals surface area contributed by atoms with Crippen LogP contribution in [0.2, 0.25) is 0 Å². The number of rotatable bonds is 7. The normalized spacial score (nSPS) is 17.9. The number of ether oxygens (including phenoxy) is 1. The smallest absolute Gasteiger partial charge is 0.323 e. The van der Waals surface area contributed by atoms with Crippen LogP contribution < -0.4 is 0 Å². The molecule has 1 rings (SSSR count). The molecule has 0 aromatic heterocycles. The number of carbonyl (C=O) groups is 1. The number of likely N-dealkylation sites (N-methyl/N-ethyl adjacent to an activating group) is 1. The van der Waals surface area contributed by atoms with Crippen LogP contribution in [0.5, 0.6) is 0 Å². The Morgan fingerprint density at radius 1 is 1.47 bits per heavy atom. The van der Waals surface area contributed by atoms with Crippen molar-refractivity contribution < 1.29 is 9.53 Å². The van der Waals surface area contributed by atoms with Crippen molar-refractivity contribution in [1.29, 1.82) is 0 Å². The van der Waals surface area contributed by atoms with Crippen LogP contribution in [-0.4, -0.2) is 37.1 Å². The van der Waals surface area contributed by atoms with Crippen LogP contribution in [0.4, 0.5) is 0 Å². The van der Waals surface area contributed by atoms with Gasteiger partial charge in [-0.1, -0.05) is 13.3 Å². The van der Waals surface area contributed by atoms with E-state index in [1.54, 1.807) is 0 Å². The summed E-state index contributed by atoms with van der Waals surface area (Å²) < 4.78 is 5.10. The van der Waals surface area contributed by atoms with Crippen molar-refractivity contribution >= 4 is 5.97 Å². The van der Waals surface area contributed by atoms with E-state index in [1.807, 2.05) is 14.0 Å². The molecule has 0 radical (unpaired) electrons. The minimum atomic E-state index is -0.0532. The number of esters is 1. The van der Waals surface area contributed by atoms with Crippen LogP contribution >= 0.6 is 0 Å². The number of carbonyl (C=O) groups excluding carboxylic acids is 1. The van der Waals surface area contributed by atoms with Crippen molar-refractivity contribution in [2.45, 2.75) is 45.6 Å². The summed E-state index contributed by atoms with van der Waals surface area (Å²) in [5, 5.41) is 0. The Hall–Kier alpha value is -0.570. The van der Waals surface area contributed by atoms with Crippen molar-refractivity contribution in [2.24, 2.45) is 5.92 Å². The minimum Gasteiger partial charge on any atom is -0.465 e. The van der Waals surface area contributed by atoms with Gasteiger partial charge in [-0.05, 0) is 39.2 Å². The second-order valence-electron chi connectivity index (χ2n) is 4.44. The van der Waals surface area contributed by atoms with Crippen LogP contribution in [0, 0.1) is 5.92 Å². The maximum Gasteiger partial charge on any atom is 0.323 e. The van der Waals surface area contributed by atoms with Crippen LogP contribution in [0.25, 0.3) is 0 Å². The molecular formula is C12H23NO2. The molecule has 3 nitrogen and oxygen atoms in total. The summed E-state index contributed by atoms with van der Waals surface area (Å²) in [6.45, 7) is 5.50. The first-order valence-corrected chi connectivity index (χ1v) is 6.05. The highest BCUT2D eigenvalue weighted by Gasteiger charge is 2.29. The standard InChI is InChI=1S/C12H23NO2/c1-4-6-11(12(14)15-5-2)13(3)9-10-7-8-10/h10-11H,4-9H2,1-3H3. The summed E-state index contributed by atoms with van der Waals surface area (Å²) in [5.74, 6) is 0.770. The van der Waals surface area contributed by atoms with E-state index in [1.165, 1.54) is 12.8 Å². The van der Waals surface area contributed by atoms with Gasteiger partial charge >= 0.3 is 5.97 Å². The average Bonchev–Trinajstić information content (AvgIpc) is 2.98. The third kappa shape index (κ3) is 4.20. The largest absolute Gasteiger partial charge is 0.465 e. The molecule has 0 aromatic rings. The van der Waals surface area contributed by atoms with Gasteiger partial charge in [-0.3, -0.25) is 9.69 Å². The lowest BCUT2D eigenvalue weighted by Gasteiger charge is -2.25. The predicted octanol–water partition coefficient (Wildman–Crippen LogP) is 2.06. The summed E-state index contributed by atoms with van der Waals surface area (Å²) >= 11 is 0. The molecule has 0 saturated heterocycles. The Balaban J connectivity index is 2.41. The molecule has 0 N–H and O–H groups in total. The molecule has 0 bridgehead atoms. The molecule has 88 valence electrons. The molecule has 0 aromatic carbocycles. The lowest BCUT2D eigenvalue weighted by molar-refractivity contribution is -0.149. The molecule has 1 atom stereocenters. The highest BCUT2D eigenvalue weighted by molar-refractivity contribution is 5.75. The zero-order valence-corrected chi connectivity index (χ0v) is 10.2. The first-order valence-electron chi connectivity index (χ1n) is 6.05. The quantitative estimate of drug-likeness (QED) is 0.606. The summed E-state index contributed by atoms with van der Waals surface area (Å²) in [5.41, 5.74) is 0. The van der Waals surface area contributed by atoms with Crippen molar-refractivity contribution in [3.8, 4) is 0 Å². The Morgan fingerprint density at radius 3 is 2.60 bits per heavy atom. The van der Waals surface area contributed by atoms with Gasteiger partial charge in [0, 0.05) is 6.54 Å². The van der Waals surface area contributed by atoms with Gasteiger partial charge < -0.3 is 4.74 Å². The molecule has 1 saturated carbocycles. The van der Waals surface area contributed by atoms with Crippen LogP contribution in [-0.2, 0) is 9.53 Å². The summed E-state index contributed by atoms with van der Waals surface area (Å²) in [6.07, 6.45) is 4.58. The topological polar surface area (TPSA) is 29.5 Å². The van der Waals surface area contributed by atoms with E-state index in [-0.39, 0.29) is 12.0 Å². The molecule has 1 aliphatic rings. The zero-order valence-electron chi connectivity index (χ0n) is 10.2. The van der Waals surface area contributed by atoms with Gasteiger partial charge in [0.1, 0.15) is 6.04 Å². The van der Waals surface area contributed by atoms with Gasteiger partial charge in [0.15, 0.2) is 0 Å². The third-order valence-corrected chi connectivity index (χ3v) is 2.90. The first-order chi connectivity index (χ1) is 7.19. The van der Waals surface area contributed by atoms with Crippen molar-refractivity contribution in [3.05, 3.63) is 0 Å². The van der Waals surface area contributed by atoms with Gasteiger partial charge in [-0.2, -0.15) is 0 Å². The maximum atomic E-state index is 11.7. The monoisotopic (exact) mass is 213 g/mol. The summed E-state index contributed by atoms with van der Waals surface area (Å²) in [4.78, 5) is 13.9. The fraction of sp³-hybridized carbons (Fsp3) is 0.917.